The van der Waals surface area contributed by atoms with Crippen LogP contribution in [0.4, 0.5) is 0 Å². The van der Waals surface area contributed by atoms with Gasteiger partial charge in [-0.3, -0.25) is 0 Å². The summed E-state index contributed by atoms with van der Waals surface area (Å²) in [6.45, 7) is 1.79. The van der Waals surface area contributed by atoms with E-state index in [1.807, 2.05) is 30.3 Å². The topological polar surface area (TPSA) is 34.1 Å². The van der Waals surface area contributed by atoms with Gasteiger partial charge in [-0.15, -0.1) is 0 Å². The molecule has 2 nitrogen and oxygen atoms in total. The van der Waals surface area contributed by atoms with E-state index in [1.54, 1.807) is 6.92 Å². The molecule has 0 unspecified atom stereocenters. The van der Waals surface area contributed by atoms with E-state index >= 15 is 0 Å². The Bertz CT molecular complexity index is 402. The van der Waals surface area contributed by atoms with Crippen LogP contribution in [0.5, 0.6) is 0 Å². The highest BCUT2D eigenvalue weighted by Crippen LogP contribution is 2.13. The van der Waals surface area contributed by atoms with Gasteiger partial charge in [0.25, 0.3) is 0 Å². The summed E-state index contributed by atoms with van der Waals surface area (Å²) in [5.41, 5.74) is 1.70. The molecule has 13 heavy (non-hydrogen) atoms. The molecule has 1 aromatic carbocycles. The van der Waals surface area contributed by atoms with Crippen molar-refractivity contribution in [1.82, 2.24) is 0 Å². The number of sulfone groups is 1. The van der Waals surface area contributed by atoms with E-state index in [0.29, 0.717) is 0 Å². The van der Waals surface area contributed by atoms with Crippen LogP contribution in [0.2, 0.25) is 0 Å². The summed E-state index contributed by atoms with van der Waals surface area (Å²) in [5.74, 6) is 0. The monoisotopic (exact) mass is 196 g/mol. The summed E-state index contributed by atoms with van der Waals surface area (Å²) < 4.78 is 21.9. The molecule has 70 valence electrons. The van der Waals surface area contributed by atoms with E-state index in [9.17, 15) is 8.42 Å². The van der Waals surface area contributed by atoms with E-state index in [4.69, 9.17) is 0 Å². The largest absolute Gasteiger partial charge is 0.225 e. The highest BCUT2D eigenvalue weighted by Gasteiger charge is 1.99. The third kappa shape index (κ3) is 3.42. The molecule has 0 radical (unpaired) electrons. The molecule has 3 heteroatoms. The van der Waals surface area contributed by atoms with Gasteiger partial charge in [0.2, 0.25) is 0 Å². The summed E-state index contributed by atoms with van der Waals surface area (Å²) in [6, 6.07) is 9.44. The molecule has 1 rings (SSSR count). The Morgan fingerprint density at radius 2 is 1.77 bits per heavy atom. The fraction of sp³-hybridized carbons (Fsp3) is 0.200. The third-order valence-corrected chi connectivity index (χ3v) is 2.40. The smallest absolute Gasteiger partial charge is 0.169 e. The van der Waals surface area contributed by atoms with Crippen molar-refractivity contribution in [3.8, 4) is 0 Å². The lowest BCUT2D eigenvalue weighted by atomic mass is 10.1. The molecule has 0 bridgehead atoms. The Hall–Kier alpha value is -1.09. The number of allylic oxidation sites excluding steroid dienone is 1. The maximum Gasteiger partial charge on any atom is 0.169 e. The van der Waals surface area contributed by atoms with E-state index in [1.165, 1.54) is 11.7 Å². The maximum atomic E-state index is 10.9. The minimum Gasteiger partial charge on any atom is -0.225 e. The Morgan fingerprint density at radius 1 is 1.23 bits per heavy atom. The van der Waals surface area contributed by atoms with Gasteiger partial charge in [-0.05, 0) is 18.1 Å². The second-order valence-corrected chi connectivity index (χ2v) is 4.89. The lowest BCUT2D eigenvalue weighted by Crippen LogP contribution is -1.90. The average Bonchev–Trinajstić information content (AvgIpc) is 2.03. The first-order valence-electron chi connectivity index (χ1n) is 3.93. The van der Waals surface area contributed by atoms with E-state index in [2.05, 4.69) is 0 Å². The lowest BCUT2D eigenvalue weighted by Gasteiger charge is -1.99. The summed E-state index contributed by atoms with van der Waals surface area (Å²) >= 11 is 0. The molecule has 0 atom stereocenters. The van der Waals surface area contributed by atoms with Gasteiger partial charge in [0.15, 0.2) is 9.84 Å². The van der Waals surface area contributed by atoms with Gasteiger partial charge < -0.3 is 0 Å². The summed E-state index contributed by atoms with van der Waals surface area (Å²) in [5, 5.41) is 1.28. The van der Waals surface area contributed by atoms with Crippen LogP contribution in [0.25, 0.3) is 5.57 Å². The maximum absolute atomic E-state index is 10.9. The van der Waals surface area contributed by atoms with Crippen LogP contribution in [-0.2, 0) is 9.84 Å². The van der Waals surface area contributed by atoms with Gasteiger partial charge in [-0.1, -0.05) is 30.3 Å². The molecular formula is C10H12O2S. The molecule has 0 saturated carbocycles. The molecule has 0 saturated heterocycles. The van der Waals surface area contributed by atoms with Crippen molar-refractivity contribution in [2.24, 2.45) is 0 Å². The van der Waals surface area contributed by atoms with Crippen LogP contribution in [0.15, 0.2) is 35.7 Å². The molecule has 0 aromatic heterocycles. The zero-order valence-electron chi connectivity index (χ0n) is 7.69. The molecule has 0 amide bonds. The number of benzene rings is 1. The number of rotatable bonds is 2. The minimum absolute atomic E-state index is 0.767. The molecule has 0 aliphatic carbocycles. The first kappa shape index (κ1) is 9.99. The van der Waals surface area contributed by atoms with E-state index < -0.39 is 9.84 Å². The van der Waals surface area contributed by atoms with Gasteiger partial charge in [0.05, 0.1) is 0 Å². The summed E-state index contributed by atoms with van der Waals surface area (Å²) in [7, 11) is -3.03. The van der Waals surface area contributed by atoms with Crippen molar-refractivity contribution in [3.63, 3.8) is 0 Å². The molecule has 0 aliphatic heterocycles. The van der Waals surface area contributed by atoms with Crippen molar-refractivity contribution in [2.75, 3.05) is 6.26 Å². The molecule has 0 spiro atoms. The second kappa shape index (κ2) is 3.75. The Morgan fingerprint density at radius 3 is 2.23 bits per heavy atom. The Kier molecular flexibility index (Phi) is 2.88. The fourth-order valence-corrected chi connectivity index (χ4v) is 1.87. The van der Waals surface area contributed by atoms with Gasteiger partial charge in [0.1, 0.15) is 0 Å². The highest BCUT2D eigenvalue weighted by molar-refractivity contribution is 7.93. The van der Waals surface area contributed by atoms with E-state index in [0.717, 1.165) is 11.1 Å². The molecule has 0 fully saturated rings. The zero-order chi connectivity index (χ0) is 9.90. The third-order valence-electron chi connectivity index (χ3n) is 1.62. The van der Waals surface area contributed by atoms with Crippen molar-refractivity contribution in [2.45, 2.75) is 6.92 Å². The standard InChI is InChI=1S/C10H12O2S/c1-9(8-13(2,11)12)10-6-4-3-5-7-10/h3-8H,1-2H3/b9-8+. The first-order chi connectivity index (χ1) is 5.99. The minimum atomic E-state index is -3.03. The van der Waals surface area contributed by atoms with Crippen LogP contribution in [0, 0.1) is 0 Å². The van der Waals surface area contributed by atoms with Crippen molar-refractivity contribution >= 4 is 15.4 Å². The molecule has 1 aromatic rings. The van der Waals surface area contributed by atoms with Gasteiger partial charge in [-0.2, -0.15) is 0 Å². The zero-order valence-corrected chi connectivity index (χ0v) is 8.51. The average molecular weight is 196 g/mol. The van der Waals surface area contributed by atoms with Crippen LogP contribution < -0.4 is 0 Å². The van der Waals surface area contributed by atoms with Crippen molar-refractivity contribution < 1.29 is 8.42 Å². The number of hydrogen-bond acceptors (Lipinski definition) is 2. The quantitative estimate of drug-likeness (QED) is 0.725. The SMILES string of the molecule is C/C(=C\S(C)(=O)=O)c1ccccc1. The van der Waals surface area contributed by atoms with Crippen molar-refractivity contribution in [3.05, 3.63) is 41.3 Å². The van der Waals surface area contributed by atoms with Gasteiger partial charge in [0, 0.05) is 11.7 Å². The van der Waals surface area contributed by atoms with Crippen LogP contribution in [-0.4, -0.2) is 14.7 Å². The highest BCUT2D eigenvalue weighted by atomic mass is 32.2. The predicted molar refractivity (Wildman–Crippen MR) is 54.9 cm³/mol. The van der Waals surface area contributed by atoms with Crippen LogP contribution in [0.3, 0.4) is 0 Å². The normalized spacial score (nSPS) is 12.9. The van der Waals surface area contributed by atoms with Gasteiger partial charge >= 0.3 is 0 Å². The predicted octanol–water partition coefficient (Wildman–Crippen LogP) is 2.09. The molecule has 0 heterocycles. The summed E-state index contributed by atoms with van der Waals surface area (Å²) in [4.78, 5) is 0. The number of hydrogen-bond donors (Lipinski definition) is 0. The first-order valence-corrected chi connectivity index (χ1v) is 5.88. The van der Waals surface area contributed by atoms with Gasteiger partial charge in [-0.25, -0.2) is 8.42 Å². The van der Waals surface area contributed by atoms with Crippen LogP contribution >= 0.6 is 0 Å². The Labute approximate surface area is 78.8 Å². The fourth-order valence-electron chi connectivity index (χ4n) is 1.09. The summed E-state index contributed by atoms with van der Waals surface area (Å²) in [6.07, 6.45) is 1.19. The molecule has 0 aliphatic rings. The second-order valence-electron chi connectivity index (χ2n) is 3.00. The van der Waals surface area contributed by atoms with Crippen LogP contribution in [0.1, 0.15) is 12.5 Å². The van der Waals surface area contributed by atoms with Crippen molar-refractivity contribution in [1.29, 1.82) is 0 Å². The molecular weight excluding hydrogens is 184 g/mol. The molecule has 0 N–H and O–H groups in total. The lowest BCUT2D eigenvalue weighted by molar-refractivity contribution is 0.610. The van der Waals surface area contributed by atoms with E-state index in [-0.39, 0.29) is 0 Å². The Balaban J connectivity index is 3.06.